The highest BCUT2D eigenvalue weighted by molar-refractivity contribution is 7.19. The number of aryl methyl sites for hydroxylation is 1. The van der Waals surface area contributed by atoms with Crippen LogP contribution in [0.1, 0.15) is 11.8 Å². The summed E-state index contributed by atoms with van der Waals surface area (Å²) in [6.45, 7) is 1.55. The Morgan fingerprint density at radius 3 is 2.67 bits per heavy atom. The van der Waals surface area contributed by atoms with E-state index >= 15 is 0 Å². The first kappa shape index (κ1) is 16.4. The van der Waals surface area contributed by atoms with Gasteiger partial charge in [-0.15, -0.1) is 11.3 Å². The molecule has 24 heavy (non-hydrogen) atoms. The molecule has 0 saturated carbocycles. The van der Waals surface area contributed by atoms with E-state index in [0.29, 0.717) is 5.82 Å². The Morgan fingerprint density at radius 1 is 1.29 bits per heavy atom. The van der Waals surface area contributed by atoms with Crippen LogP contribution < -0.4 is 5.32 Å². The van der Waals surface area contributed by atoms with Crippen LogP contribution in [0.15, 0.2) is 36.7 Å². The SMILES string of the molecule is CCc1sc2ncnc(N[C@H](CO)C(=O)O)c2c1-c1ccccc1. The quantitative estimate of drug-likeness (QED) is 0.637. The Bertz CT molecular complexity index is 864. The molecule has 0 spiro atoms. The minimum Gasteiger partial charge on any atom is -0.480 e. The number of aliphatic carboxylic acids is 1. The Kier molecular flexibility index (Phi) is 4.73. The van der Waals surface area contributed by atoms with E-state index in [-0.39, 0.29) is 0 Å². The van der Waals surface area contributed by atoms with Gasteiger partial charge in [0.1, 0.15) is 23.0 Å². The lowest BCUT2D eigenvalue weighted by Gasteiger charge is -2.14. The van der Waals surface area contributed by atoms with Crippen LogP contribution in [0.4, 0.5) is 5.82 Å². The van der Waals surface area contributed by atoms with Gasteiger partial charge in [0.2, 0.25) is 0 Å². The van der Waals surface area contributed by atoms with Crippen LogP contribution in [0, 0.1) is 0 Å². The average molecular weight is 343 g/mol. The van der Waals surface area contributed by atoms with E-state index in [1.165, 1.54) is 6.33 Å². The molecule has 3 rings (SSSR count). The zero-order valence-electron chi connectivity index (χ0n) is 13.1. The molecule has 3 aromatic rings. The standard InChI is InChI=1S/C17H17N3O3S/c1-2-12-13(10-6-4-3-5-7-10)14-15(18-9-19-16(14)24-12)20-11(8-21)17(22)23/h3-7,9,11,21H,2,8H2,1H3,(H,22,23)(H,18,19,20)/t11-/m1/s1. The molecule has 0 aliphatic rings. The maximum atomic E-state index is 11.2. The number of aliphatic hydroxyl groups excluding tert-OH is 1. The van der Waals surface area contributed by atoms with Gasteiger partial charge >= 0.3 is 5.97 Å². The van der Waals surface area contributed by atoms with Crippen molar-refractivity contribution in [3.8, 4) is 11.1 Å². The normalized spacial score (nSPS) is 12.2. The number of thiophene rings is 1. The van der Waals surface area contributed by atoms with E-state index in [9.17, 15) is 15.0 Å². The molecular weight excluding hydrogens is 326 g/mol. The van der Waals surface area contributed by atoms with Crippen molar-refractivity contribution in [1.29, 1.82) is 0 Å². The van der Waals surface area contributed by atoms with E-state index in [0.717, 1.165) is 32.6 Å². The number of carboxylic acids is 1. The molecule has 2 aromatic heterocycles. The van der Waals surface area contributed by atoms with Crippen LogP contribution in [-0.4, -0.2) is 38.8 Å². The molecule has 3 N–H and O–H groups in total. The summed E-state index contributed by atoms with van der Waals surface area (Å²) in [5.41, 5.74) is 2.05. The summed E-state index contributed by atoms with van der Waals surface area (Å²) in [7, 11) is 0. The first-order valence-corrected chi connectivity index (χ1v) is 8.39. The summed E-state index contributed by atoms with van der Waals surface area (Å²) in [5.74, 6) is -0.701. The summed E-state index contributed by atoms with van der Waals surface area (Å²) in [4.78, 5) is 21.7. The van der Waals surface area contributed by atoms with E-state index in [1.54, 1.807) is 11.3 Å². The third kappa shape index (κ3) is 2.95. The number of benzene rings is 1. The Balaban J connectivity index is 2.21. The van der Waals surface area contributed by atoms with Crippen LogP contribution >= 0.6 is 11.3 Å². The molecule has 0 bridgehead atoms. The second-order valence-corrected chi connectivity index (χ2v) is 6.32. The lowest BCUT2D eigenvalue weighted by atomic mass is 10.0. The molecule has 6 nitrogen and oxygen atoms in total. The Morgan fingerprint density at radius 2 is 2.04 bits per heavy atom. The van der Waals surface area contributed by atoms with Crippen molar-refractivity contribution in [2.75, 3.05) is 11.9 Å². The van der Waals surface area contributed by atoms with Gasteiger partial charge in [0.05, 0.1) is 12.0 Å². The number of aliphatic hydroxyl groups is 1. The van der Waals surface area contributed by atoms with Gasteiger partial charge in [-0.1, -0.05) is 37.3 Å². The number of carbonyl (C=O) groups is 1. The van der Waals surface area contributed by atoms with Crippen molar-refractivity contribution in [3.63, 3.8) is 0 Å². The smallest absolute Gasteiger partial charge is 0.328 e. The van der Waals surface area contributed by atoms with Crippen LogP contribution in [0.2, 0.25) is 0 Å². The third-order valence-corrected chi connectivity index (χ3v) is 4.98. The van der Waals surface area contributed by atoms with Crippen molar-refractivity contribution in [2.45, 2.75) is 19.4 Å². The fraction of sp³-hybridized carbons (Fsp3) is 0.235. The molecule has 0 saturated heterocycles. The second kappa shape index (κ2) is 6.94. The maximum absolute atomic E-state index is 11.2. The lowest BCUT2D eigenvalue weighted by Crippen LogP contribution is -2.33. The van der Waals surface area contributed by atoms with Crippen molar-refractivity contribution in [3.05, 3.63) is 41.5 Å². The Hall–Kier alpha value is -2.51. The number of nitrogens with one attached hydrogen (secondary N) is 1. The highest BCUT2D eigenvalue weighted by atomic mass is 32.1. The number of hydrogen-bond acceptors (Lipinski definition) is 6. The predicted octanol–water partition coefficient (Wildman–Crippen LogP) is 2.78. The molecule has 0 aliphatic heterocycles. The molecule has 0 radical (unpaired) electrons. The zero-order chi connectivity index (χ0) is 17.1. The molecule has 2 heterocycles. The lowest BCUT2D eigenvalue weighted by molar-refractivity contribution is -0.138. The number of fused-ring (bicyclic) bond motifs is 1. The summed E-state index contributed by atoms with van der Waals surface area (Å²) < 4.78 is 0. The van der Waals surface area contributed by atoms with Crippen LogP contribution in [-0.2, 0) is 11.2 Å². The van der Waals surface area contributed by atoms with E-state index in [4.69, 9.17) is 0 Å². The third-order valence-electron chi connectivity index (χ3n) is 3.74. The van der Waals surface area contributed by atoms with Gasteiger partial charge in [-0.05, 0) is 12.0 Å². The summed E-state index contributed by atoms with van der Waals surface area (Å²) >= 11 is 1.57. The van der Waals surface area contributed by atoms with Crippen LogP contribution in [0.5, 0.6) is 0 Å². The van der Waals surface area contributed by atoms with Gasteiger partial charge in [0.15, 0.2) is 0 Å². The van der Waals surface area contributed by atoms with Crippen LogP contribution in [0.25, 0.3) is 21.3 Å². The molecule has 1 atom stereocenters. The molecule has 0 fully saturated rings. The highest BCUT2D eigenvalue weighted by Crippen LogP contribution is 2.41. The zero-order valence-corrected chi connectivity index (χ0v) is 13.9. The number of rotatable bonds is 6. The molecule has 0 aliphatic carbocycles. The fourth-order valence-corrected chi connectivity index (χ4v) is 3.70. The number of nitrogens with zero attached hydrogens (tertiary/aromatic N) is 2. The molecular formula is C17H17N3O3S. The van der Waals surface area contributed by atoms with Crippen molar-refractivity contribution in [2.24, 2.45) is 0 Å². The van der Waals surface area contributed by atoms with E-state index < -0.39 is 18.6 Å². The van der Waals surface area contributed by atoms with Crippen molar-refractivity contribution >= 4 is 33.3 Å². The van der Waals surface area contributed by atoms with Gasteiger partial charge in [0, 0.05) is 10.4 Å². The monoisotopic (exact) mass is 343 g/mol. The van der Waals surface area contributed by atoms with E-state index in [1.807, 2.05) is 30.3 Å². The minimum atomic E-state index is -1.13. The number of hydrogen-bond donors (Lipinski definition) is 3. The fourth-order valence-electron chi connectivity index (χ4n) is 2.60. The predicted molar refractivity (Wildman–Crippen MR) is 94.4 cm³/mol. The number of carboxylic acid groups (broad SMARTS) is 1. The Labute approximate surface area is 142 Å². The summed E-state index contributed by atoms with van der Waals surface area (Å²) in [6, 6.07) is 8.78. The second-order valence-electron chi connectivity index (χ2n) is 5.24. The first-order chi connectivity index (χ1) is 11.7. The summed E-state index contributed by atoms with van der Waals surface area (Å²) in [6.07, 6.45) is 2.25. The van der Waals surface area contributed by atoms with E-state index in [2.05, 4.69) is 22.2 Å². The molecule has 7 heteroatoms. The summed E-state index contributed by atoms with van der Waals surface area (Å²) in [5, 5.41) is 22.1. The van der Waals surface area contributed by atoms with Gasteiger partial charge in [-0.3, -0.25) is 0 Å². The molecule has 0 unspecified atom stereocenters. The average Bonchev–Trinajstić information content (AvgIpc) is 2.99. The molecule has 0 amide bonds. The molecule has 124 valence electrons. The highest BCUT2D eigenvalue weighted by Gasteiger charge is 2.22. The maximum Gasteiger partial charge on any atom is 0.328 e. The number of aromatic nitrogens is 2. The van der Waals surface area contributed by atoms with Crippen LogP contribution in [0.3, 0.4) is 0 Å². The number of anilines is 1. The topological polar surface area (TPSA) is 95.3 Å². The van der Waals surface area contributed by atoms with Crippen molar-refractivity contribution in [1.82, 2.24) is 9.97 Å². The van der Waals surface area contributed by atoms with Gasteiger partial charge < -0.3 is 15.5 Å². The molecule has 1 aromatic carbocycles. The van der Waals surface area contributed by atoms with Crippen molar-refractivity contribution < 1.29 is 15.0 Å². The largest absolute Gasteiger partial charge is 0.480 e. The van der Waals surface area contributed by atoms with Gasteiger partial charge in [-0.2, -0.15) is 0 Å². The first-order valence-electron chi connectivity index (χ1n) is 7.57. The van der Waals surface area contributed by atoms with Gasteiger partial charge in [0.25, 0.3) is 0 Å². The van der Waals surface area contributed by atoms with Gasteiger partial charge in [-0.25, -0.2) is 14.8 Å². The minimum absolute atomic E-state index is 0.427.